The highest BCUT2D eigenvalue weighted by molar-refractivity contribution is 7.99. The maximum atomic E-state index is 13.5. The summed E-state index contributed by atoms with van der Waals surface area (Å²) in [4.78, 5) is 26.6. The summed E-state index contributed by atoms with van der Waals surface area (Å²) in [5.74, 6) is -0.982. The number of fused-ring (bicyclic) bond motifs is 1. The molecule has 2 amide bonds. The van der Waals surface area contributed by atoms with Crippen molar-refractivity contribution >= 4 is 44.4 Å². The third-order valence-corrected chi connectivity index (χ3v) is 8.63. The van der Waals surface area contributed by atoms with Crippen LogP contribution in [0.15, 0.2) is 47.4 Å². The van der Waals surface area contributed by atoms with Crippen molar-refractivity contribution < 1.29 is 18.0 Å². The van der Waals surface area contributed by atoms with Crippen molar-refractivity contribution in [2.75, 3.05) is 32.4 Å². The van der Waals surface area contributed by atoms with E-state index in [4.69, 9.17) is 11.5 Å². The maximum Gasteiger partial charge on any atom is 0.243 e. The predicted octanol–water partition coefficient (Wildman–Crippen LogP) is 1.39. The first-order valence-corrected chi connectivity index (χ1v) is 13.3. The van der Waals surface area contributed by atoms with E-state index in [9.17, 15) is 18.0 Å². The summed E-state index contributed by atoms with van der Waals surface area (Å²) in [7, 11) is -3.93. The summed E-state index contributed by atoms with van der Waals surface area (Å²) in [6.07, 6.45) is 3.57. The van der Waals surface area contributed by atoms with Gasteiger partial charge in [0.15, 0.2) is 0 Å². The predicted molar refractivity (Wildman–Crippen MR) is 128 cm³/mol. The second-order valence-corrected chi connectivity index (χ2v) is 11.0. The molecule has 3 rings (SSSR count). The van der Waals surface area contributed by atoms with E-state index in [2.05, 4.69) is 0 Å². The Labute approximate surface area is 193 Å². The second-order valence-electron chi connectivity index (χ2n) is 7.90. The van der Waals surface area contributed by atoms with Crippen LogP contribution in [-0.2, 0) is 19.6 Å². The number of nitrogens with zero attached hydrogens (tertiary/aromatic N) is 2. The average molecular weight is 479 g/mol. The van der Waals surface area contributed by atoms with Crippen molar-refractivity contribution in [2.45, 2.75) is 35.4 Å². The molecule has 0 unspecified atom stereocenters. The molecule has 2 atom stereocenters. The van der Waals surface area contributed by atoms with Crippen LogP contribution in [0, 0.1) is 0 Å². The van der Waals surface area contributed by atoms with Gasteiger partial charge in [-0.15, -0.1) is 0 Å². The van der Waals surface area contributed by atoms with E-state index in [0.29, 0.717) is 32.4 Å². The Morgan fingerprint density at radius 1 is 1.16 bits per heavy atom. The normalized spacial score (nSPS) is 19.0. The number of likely N-dealkylation sites (tertiary alicyclic amines) is 1. The summed E-state index contributed by atoms with van der Waals surface area (Å²) in [5, 5.41) is 1.83. The summed E-state index contributed by atoms with van der Waals surface area (Å²) in [6, 6.07) is 11.7. The largest absolute Gasteiger partial charge is 0.368 e. The van der Waals surface area contributed by atoms with Gasteiger partial charge in [0.2, 0.25) is 21.8 Å². The molecule has 0 aromatic heterocycles. The summed E-state index contributed by atoms with van der Waals surface area (Å²) < 4.78 is 28.2. The molecule has 1 fully saturated rings. The first-order chi connectivity index (χ1) is 15.3. The van der Waals surface area contributed by atoms with E-state index < -0.39 is 27.9 Å². The van der Waals surface area contributed by atoms with Crippen molar-refractivity contribution in [3.8, 4) is 0 Å². The molecular weight excluding hydrogens is 448 g/mol. The minimum Gasteiger partial charge on any atom is -0.368 e. The Balaban J connectivity index is 1.87. The fourth-order valence-electron chi connectivity index (χ4n) is 3.95. The first kappa shape index (κ1) is 24.5. The minimum absolute atomic E-state index is 0.0965. The van der Waals surface area contributed by atoms with Crippen molar-refractivity contribution in [3.63, 3.8) is 0 Å². The molecule has 2 aromatic rings. The number of amides is 2. The first-order valence-electron chi connectivity index (χ1n) is 10.6. The van der Waals surface area contributed by atoms with Crippen LogP contribution in [0.5, 0.6) is 0 Å². The lowest BCUT2D eigenvalue weighted by Crippen LogP contribution is -2.48. The molecule has 0 saturated carbocycles. The van der Waals surface area contributed by atoms with Gasteiger partial charge in [-0.05, 0) is 55.0 Å². The monoisotopic (exact) mass is 478 g/mol. The fraction of sp³-hybridized carbons (Fsp3) is 0.455. The van der Waals surface area contributed by atoms with E-state index in [1.807, 2.05) is 30.5 Å². The number of primary amides is 1. The Bertz CT molecular complexity index is 1080. The number of sulfonamides is 1. The third-order valence-electron chi connectivity index (χ3n) is 5.78. The lowest BCUT2D eigenvalue weighted by atomic mass is 10.1. The Morgan fingerprint density at radius 2 is 1.88 bits per heavy atom. The Morgan fingerprint density at radius 3 is 2.53 bits per heavy atom. The van der Waals surface area contributed by atoms with Gasteiger partial charge in [0.25, 0.3) is 0 Å². The van der Waals surface area contributed by atoms with E-state index in [-0.39, 0.29) is 23.2 Å². The lowest BCUT2D eigenvalue weighted by molar-refractivity contribution is -0.137. The minimum atomic E-state index is -3.93. The summed E-state index contributed by atoms with van der Waals surface area (Å²) >= 11 is 1.57. The number of hydrogen-bond acceptors (Lipinski definition) is 6. The molecule has 0 aliphatic carbocycles. The van der Waals surface area contributed by atoms with E-state index in [1.165, 1.54) is 9.21 Å². The number of unbranched alkanes of at least 4 members (excludes halogenated alkanes) is 1. The average Bonchev–Trinajstić information content (AvgIpc) is 3.23. The fourth-order valence-corrected chi connectivity index (χ4v) is 6.10. The Kier molecular flexibility index (Phi) is 8.16. The zero-order valence-corrected chi connectivity index (χ0v) is 19.8. The highest BCUT2D eigenvalue weighted by Gasteiger charge is 2.39. The lowest BCUT2D eigenvalue weighted by Gasteiger charge is -2.27. The molecule has 4 N–H and O–H groups in total. The van der Waals surface area contributed by atoms with Gasteiger partial charge in [-0.3, -0.25) is 9.59 Å². The summed E-state index contributed by atoms with van der Waals surface area (Å²) in [5.41, 5.74) is 11.1. The number of nitrogens with two attached hydrogens (primary N) is 2. The number of carbonyl (C=O) groups excluding carboxylic acids is 2. The standard InChI is InChI=1S/C22H30N4O4S2/c1-31-18-13-20(22(24)28)26(14-18)21(27)15-25(11-5-4-10-23)32(29,30)19-9-8-16-6-2-3-7-17(16)12-19/h2-3,6-9,12,18,20H,4-5,10-11,13-15,23H2,1H3,(H2,24,28)/t18-,20+/m1/s1. The number of thioether (sulfide) groups is 1. The third kappa shape index (κ3) is 5.43. The van der Waals surface area contributed by atoms with Crippen LogP contribution >= 0.6 is 11.8 Å². The smallest absolute Gasteiger partial charge is 0.243 e. The van der Waals surface area contributed by atoms with Crippen LogP contribution < -0.4 is 11.5 Å². The van der Waals surface area contributed by atoms with E-state index >= 15 is 0 Å². The van der Waals surface area contributed by atoms with Gasteiger partial charge in [-0.1, -0.05) is 30.3 Å². The molecular formula is C22H30N4O4S2. The van der Waals surface area contributed by atoms with Crippen LogP contribution in [0.1, 0.15) is 19.3 Å². The number of hydrogen-bond donors (Lipinski definition) is 2. The molecule has 174 valence electrons. The Hall–Kier alpha value is -2.14. The van der Waals surface area contributed by atoms with Crippen LogP contribution in [-0.4, -0.2) is 73.2 Å². The topological polar surface area (TPSA) is 127 Å². The van der Waals surface area contributed by atoms with Crippen molar-refractivity contribution in [2.24, 2.45) is 11.5 Å². The van der Waals surface area contributed by atoms with Gasteiger partial charge >= 0.3 is 0 Å². The number of benzene rings is 2. The molecule has 0 radical (unpaired) electrons. The molecule has 1 saturated heterocycles. The van der Waals surface area contributed by atoms with Crippen molar-refractivity contribution in [3.05, 3.63) is 42.5 Å². The molecule has 1 aliphatic rings. The van der Waals surface area contributed by atoms with Gasteiger partial charge < -0.3 is 16.4 Å². The molecule has 0 spiro atoms. The molecule has 8 nitrogen and oxygen atoms in total. The second kappa shape index (κ2) is 10.7. The van der Waals surface area contributed by atoms with Crippen LogP contribution in [0.2, 0.25) is 0 Å². The van der Waals surface area contributed by atoms with Crippen molar-refractivity contribution in [1.82, 2.24) is 9.21 Å². The zero-order valence-electron chi connectivity index (χ0n) is 18.1. The van der Waals surface area contributed by atoms with E-state index in [0.717, 1.165) is 10.8 Å². The van der Waals surface area contributed by atoms with Gasteiger partial charge in [-0.2, -0.15) is 16.1 Å². The van der Waals surface area contributed by atoms with Gasteiger partial charge in [-0.25, -0.2) is 8.42 Å². The SMILES string of the molecule is CS[C@@H]1C[C@@H](C(N)=O)N(C(=O)CN(CCCCN)S(=O)(=O)c2ccc3ccccc3c2)C1. The van der Waals surface area contributed by atoms with Gasteiger partial charge in [0.1, 0.15) is 6.04 Å². The molecule has 32 heavy (non-hydrogen) atoms. The highest BCUT2D eigenvalue weighted by atomic mass is 32.2. The number of rotatable bonds is 10. The van der Waals surface area contributed by atoms with Crippen LogP contribution in [0.4, 0.5) is 0 Å². The molecule has 0 bridgehead atoms. The van der Waals surface area contributed by atoms with Crippen LogP contribution in [0.25, 0.3) is 10.8 Å². The molecule has 10 heteroatoms. The number of carbonyl (C=O) groups is 2. The quantitative estimate of drug-likeness (QED) is 0.497. The zero-order chi connectivity index (χ0) is 23.3. The van der Waals surface area contributed by atoms with E-state index in [1.54, 1.807) is 30.0 Å². The van der Waals surface area contributed by atoms with Gasteiger partial charge in [0.05, 0.1) is 11.4 Å². The van der Waals surface area contributed by atoms with Crippen molar-refractivity contribution in [1.29, 1.82) is 0 Å². The van der Waals surface area contributed by atoms with Gasteiger partial charge in [0, 0.05) is 18.3 Å². The maximum absolute atomic E-state index is 13.5. The van der Waals surface area contributed by atoms with Crippen LogP contribution in [0.3, 0.4) is 0 Å². The highest BCUT2D eigenvalue weighted by Crippen LogP contribution is 2.27. The molecule has 1 heterocycles. The molecule has 2 aromatic carbocycles. The molecule has 1 aliphatic heterocycles. The summed E-state index contributed by atoms with van der Waals surface area (Å²) in [6.45, 7) is 0.632.